The van der Waals surface area contributed by atoms with Gasteiger partial charge in [0.15, 0.2) is 0 Å². The molecule has 1 amide bonds. The maximum Gasteiger partial charge on any atom is 0.352 e. The second-order valence-corrected chi connectivity index (χ2v) is 5.49. The van der Waals surface area contributed by atoms with Crippen LogP contribution in [0.1, 0.15) is 13.3 Å². The number of amides is 1. The lowest BCUT2D eigenvalue weighted by molar-refractivity contribution is -0.161. The minimum atomic E-state index is -1.10. The molecule has 3 heterocycles. The Morgan fingerprint density at radius 3 is 2.85 bits per heavy atom. The molecule has 3 rings (SSSR count). The van der Waals surface area contributed by atoms with Gasteiger partial charge in [0.05, 0.1) is 30.8 Å². The Kier molecular flexibility index (Phi) is 3.27. The van der Waals surface area contributed by atoms with E-state index < -0.39 is 18.0 Å². The van der Waals surface area contributed by atoms with Gasteiger partial charge < -0.3 is 25.2 Å². The monoisotopic (exact) mass is 282 g/mol. The quantitative estimate of drug-likeness (QED) is 0.570. The number of ether oxygens (including phenoxy) is 1. The summed E-state index contributed by atoms with van der Waals surface area (Å²) in [6.45, 7) is 3.39. The third-order valence-electron chi connectivity index (χ3n) is 4.28. The van der Waals surface area contributed by atoms with E-state index in [9.17, 15) is 19.8 Å². The summed E-state index contributed by atoms with van der Waals surface area (Å²) in [7, 11) is 0. The number of rotatable bonds is 3. The van der Waals surface area contributed by atoms with Gasteiger partial charge in [0, 0.05) is 13.1 Å². The van der Waals surface area contributed by atoms with Crippen LogP contribution in [0.25, 0.3) is 0 Å². The van der Waals surface area contributed by atoms with Crippen LogP contribution >= 0.6 is 0 Å². The molecule has 3 N–H and O–H groups in total. The number of carbonyl (C=O) groups excluding carboxylic acids is 1. The zero-order chi connectivity index (χ0) is 14.4. The molecule has 110 valence electrons. The Morgan fingerprint density at radius 2 is 2.30 bits per heavy atom. The number of aliphatic carboxylic acids is 1. The molecule has 0 aromatic rings. The summed E-state index contributed by atoms with van der Waals surface area (Å²) in [5.41, 5.74) is 0.705. The molecule has 7 heteroatoms. The van der Waals surface area contributed by atoms with E-state index in [1.165, 1.54) is 4.90 Å². The van der Waals surface area contributed by atoms with Gasteiger partial charge in [0.1, 0.15) is 5.70 Å². The number of fused-ring (bicyclic) bond motifs is 1. The molecule has 2 saturated heterocycles. The lowest BCUT2D eigenvalue weighted by Gasteiger charge is -2.44. The van der Waals surface area contributed by atoms with Gasteiger partial charge in [-0.05, 0) is 18.9 Å². The van der Waals surface area contributed by atoms with Crippen LogP contribution in [0.4, 0.5) is 0 Å². The lowest BCUT2D eigenvalue weighted by atomic mass is 9.82. The Hall–Kier alpha value is -1.44. The number of hydrogen-bond donors (Lipinski definition) is 3. The van der Waals surface area contributed by atoms with E-state index in [1.54, 1.807) is 6.92 Å². The van der Waals surface area contributed by atoms with E-state index in [-0.39, 0.29) is 23.8 Å². The first-order valence-electron chi connectivity index (χ1n) is 6.82. The topological polar surface area (TPSA) is 99.1 Å². The smallest absolute Gasteiger partial charge is 0.352 e. The fraction of sp³-hybridized carbons (Fsp3) is 0.692. The maximum absolute atomic E-state index is 12.0. The second-order valence-electron chi connectivity index (χ2n) is 5.49. The van der Waals surface area contributed by atoms with Crippen molar-refractivity contribution < 1.29 is 24.5 Å². The van der Waals surface area contributed by atoms with Crippen LogP contribution in [0.3, 0.4) is 0 Å². The minimum absolute atomic E-state index is 0.0469. The molecule has 0 aromatic heterocycles. The largest absolute Gasteiger partial charge is 0.477 e. The molecule has 3 aliphatic heterocycles. The van der Waals surface area contributed by atoms with Gasteiger partial charge in [-0.1, -0.05) is 0 Å². The number of hydrogen-bond acceptors (Lipinski definition) is 5. The molecule has 2 fully saturated rings. The molecule has 0 aliphatic carbocycles. The fourth-order valence-electron chi connectivity index (χ4n) is 3.38. The summed E-state index contributed by atoms with van der Waals surface area (Å²) in [6, 6.07) is -0.242. The number of morpholine rings is 1. The van der Waals surface area contributed by atoms with Crippen LogP contribution in [0.15, 0.2) is 11.3 Å². The molecular weight excluding hydrogens is 264 g/mol. The van der Waals surface area contributed by atoms with Crippen LogP contribution in [-0.4, -0.2) is 64.9 Å². The number of nitrogens with zero attached hydrogens (tertiary/aromatic N) is 1. The first-order chi connectivity index (χ1) is 9.52. The van der Waals surface area contributed by atoms with E-state index in [1.807, 2.05) is 0 Å². The van der Waals surface area contributed by atoms with Crippen molar-refractivity contribution in [3.63, 3.8) is 0 Å². The highest BCUT2D eigenvalue weighted by molar-refractivity contribution is 5.99. The first kappa shape index (κ1) is 13.5. The van der Waals surface area contributed by atoms with Crippen molar-refractivity contribution in [1.82, 2.24) is 10.2 Å². The van der Waals surface area contributed by atoms with Crippen molar-refractivity contribution in [3.8, 4) is 0 Å². The van der Waals surface area contributed by atoms with Gasteiger partial charge >= 0.3 is 5.97 Å². The van der Waals surface area contributed by atoms with Gasteiger partial charge in [-0.3, -0.25) is 4.79 Å². The van der Waals surface area contributed by atoms with E-state index in [4.69, 9.17) is 4.74 Å². The summed E-state index contributed by atoms with van der Waals surface area (Å²) in [5.74, 6) is -1.91. The number of nitrogens with one attached hydrogen (secondary N) is 1. The number of carbonyl (C=O) groups is 2. The molecular formula is C13H18N2O5. The molecule has 1 unspecified atom stereocenters. The third kappa shape index (κ3) is 1.85. The van der Waals surface area contributed by atoms with Crippen molar-refractivity contribution in [3.05, 3.63) is 11.3 Å². The van der Waals surface area contributed by atoms with Gasteiger partial charge in [-0.2, -0.15) is 0 Å². The van der Waals surface area contributed by atoms with Crippen LogP contribution in [0.2, 0.25) is 0 Å². The third-order valence-corrected chi connectivity index (χ3v) is 4.28. The highest BCUT2D eigenvalue weighted by Gasteiger charge is 2.57. The number of aliphatic hydroxyl groups is 1. The summed E-state index contributed by atoms with van der Waals surface area (Å²) in [6.07, 6.45) is -0.596. The normalized spacial score (nSPS) is 34.8. The van der Waals surface area contributed by atoms with E-state index in [2.05, 4.69) is 5.32 Å². The van der Waals surface area contributed by atoms with Crippen LogP contribution in [0, 0.1) is 5.92 Å². The molecule has 0 saturated carbocycles. The van der Waals surface area contributed by atoms with Crippen molar-refractivity contribution in [1.29, 1.82) is 0 Å². The molecule has 0 radical (unpaired) electrons. The molecule has 20 heavy (non-hydrogen) atoms. The molecule has 4 atom stereocenters. The fourth-order valence-corrected chi connectivity index (χ4v) is 3.38. The molecule has 0 aromatic carbocycles. The van der Waals surface area contributed by atoms with Crippen LogP contribution < -0.4 is 5.32 Å². The van der Waals surface area contributed by atoms with E-state index in [0.717, 1.165) is 6.54 Å². The molecule has 3 aliphatic rings. The van der Waals surface area contributed by atoms with E-state index >= 15 is 0 Å². The van der Waals surface area contributed by atoms with Crippen LogP contribution in [0.5, 0.6) is 0 Å². The molecule has 0 spiro atoms. The van der Waals surface area contributed by atoms with Crippen molar-refractivity contribution in [2.24, 2.45) is 5.92 Å². The van der Waals surface area contributed by atoms with E-state index in [0.29, 0.717) is 25.1 Å². The van der Waals surface area contributed by atoms with Crippen LogP contribution in [-0.2, 0) is 14.3 Å². The van der Waals surface area contributed by atoms with Crippen molar-refractivity contribution in [2.75, 3.05) is 19.7 Å². The van der Waals surface area contributed by atoms with Gasteiger partial charge in [-0.25, -0.2) is 4.79 Å². The summed E-state index contributed by atoms with van der Waals surface area (Å²) < 4.78 is 5.61. The highest BCUT2D eigenvalue weighted by atomic mass is 16.5. The SMILES string of the molecule is C[C@@H](O)[C@H]1C(=O)N2C(C(=O)O)=C(C3CNCCO3)C[C@H]12. The van der Waals surface area contributed by atoms with Crippen molar-refractivity contribution in [2.45, 2.75) is 31.6 Å². The molecule has 0 bridgehead atoms. The number of carboxylic acid groups (broad SMARTS) is 1. The number of aliphatic hydroxyl groups excluding tert-OH is 1. The lowest BCUT2D eigenvalue weighted by Crippen LogP contribution is -2.61. The van der Waals surface area contributed by atoms with Gasteiger partial charge in [-0.15, -0.1) is 0 Å². The number of carboxylic acids is 1. The number of β-lactam (4-membered cyclic amide) rings is 1. The average molecular weight is 282 g/mol. The average Bonchev–Trinajstić information content (AvgIpc) is 2.74. The standard InChI is InChI=1S/C13H18N2O5/c1-6(16)10-8-4-7(9-5-14-2-3-20-9)11(13(18)19)15(8)12(10)17/h6,8-10,14,16H,2-5H2,1H3,(H,18,19)/t6-,8-,9?,10-/m1/s1. The summed E-state index contributed by atoms with van der Waals surface area (Å²) in [4.78, 5) is 24.8. The predicted molar refractivity (Wildman–Crippen MR) is 67.7 cm³/mol. The highest BCUT2D eigenvalue weighted by Crippen LogP contribution is 2.45. The Morgan fingerprint density at radius 1 is 1.55 bits per heavy atom. The Balaban J connectivity index is 1.89. The minimum Gasteiger partial charge on any atom is -0.477 e. The zero-order valence-corrected chi connectivity index (χ0v) is 11.2. The Labute approximate surface area is 116 Å². The Bertz CT molecular complexity index is 481. The second kappa shape index (κ2) is 4.83. The van der Waals surface area contributed by atoms with Crippen molar-refractivity contribution >= 4 is 11.9 Å². The van der Waals surface area contributed by atoms with Gasteiger partial charge in [0.2, 0.25) is 5.91 Å². The van der Waals surface area contributed by atoms with Gasteiger partial charge in [0.25, 0.3) is 0 Å². The summed E-state index contributed by atoms with van der Waals surface area (Å²) in [5, 5.41) is 22.2. The zero-order valence-electron chi connectivity index (χ0n) is 11.2. The predicted octanol–water partition coefficient (Wildman–Crippen LogP) is -1.07. The summed E-state index contributed by atoms with van der Waals surface area (Å²) >= 11 is 0. The molecule has 7 nitrogen and oxygen atoms in total. The maximum atomic E-state index is 12.0. The first-order valence-corrected chi connectivity index (χ1v) is 6.82.